The van der Waals surface area contributed by atoms with Crippen LogP contribution in [0.5, 0.6) is 5.75 Å². The third-order valence-corrected chi connectivity index (χ3v) is 6.01. The monoisotopic (exact) mass is 456 g/mol. The predicted octanol–water partition coefficient (Wildman–Crippen LogP) is 4.48. The summed E-state index contributed by atoms with van der Waals surface area (Å²) in [6.07, 6.45) is -0.0183. The van der Waals surface area contributed by atoms with E-state index in [9.17, 15) is 14.4 Å². The first kappa shape index (κ1) is 22.1. The maximum Gasteiger partial charge on any atom is 0.410 e. The molecule has 0 aromatic heterocycles. The molecule has 0 N–H and O–H groups in total. The van der Waals surface area contributed by atoms with Gasteiger partial charge in [-0.25, -0.2) is 4.79 Å². The van der Waals surface area contributed by atoms with Gasteiger partial charge < -0.3 is 9.47 Å². The summed E-state index contributed by atoms with van der Waals surface area (Å²) in [5.41, 5.74) is 1.54. The van der Waals surface area contributed by atoms with Gasteiger partial charge in [0.2, 0.25) is 0 Å². The van der Waals surface area contributed by atoms with Crippen LogP contribution in [0, 0.1) is 0 Å². The van der Waals surface area contributed by atoms with Crippen LogP contribution in [0.1, 0.15) is 58.7 Å². The van der Waals surface area contributed by atoms with Crippen molar-refractivity contribution in [2.24, 2.45) is 0 Å². The summed E-state index contributed by atoms with van der Waals surface area (Å²) in [4.78, 5) is 41.9. The van der Waals surface area contributed by atoms with E-state index in [0.717, 1.165) is 5.56 Å². The molecule has 32 heavy (non-hydrogen) atoms. The molecule has 2 heterocycles. The van der Waals surface area contributed by atoms with Crippen LogP contribution in [0.25, 0.3) is 0 Å². The molecule has 0 aliphatic carbocycles. The van der Waals surface area contributed by atoms with Crippen LogP contribution >= 0.6 is 11.6 Å². The van der Waals surface area contributed by atoms with E-state index in [2.05, 4.69) is 0 Å². The minimum Gasteiger partial charge on any atom is -0.496 e. The average Bonchev–Trinajstić information content (AvgIpc) is 2.98. The van der Waals surface area contributed by atoms with Crippen molar-refractivity contribution in [1.29, 1.82) is 0 Å². The van der Waals surface area contributed by atoms with Crippen LogP contribution in [-0.2, 0) is 11.2 Å². The molecule has 0 saturated carbocycles. The zero-order chi connectivity index (χ0) is 23.2. The molecule has 0 bridgehead atoms. The molecule has 0 saturated heterocycles. The fourth-order valence-corrected chi connectivity index (χ4v) is 4.52. The lowest BCUT2D eigenvalue weighted by Crippen LogP contribution is -2.48. The van der Waals surface area contributed by atoms with Gasteiger partial charge in [0.25, 0.3) is 11.8 Å². The highest BCUT2D eigenvalue weighted by Gasteiger charge is 2.42. The second kappa shape index (κ2) is 8.13. The summed E-state index contributed by atoms with van der Waals surface area (Å²) in [5, 5.41) is 0.553. The van der Waals surface area contributed by atoms with Crippen LogP contribution in [0.2, 0.25) is 5.02 Å². The highest BCUT2D eigenvalue weighted by Crippen LogP contribution is 2.41. The molecule has 2 aliphatic heterocycles. The molecule has 168 valence electrons. The number of methoxy groups -OCH3 is 1. The molecular weight excluding hydrogens is 432 g/mol. The summed E-state index contributed by atoms with van der Waals surface area (Å²) < 4.78 is 11.2. The van der Waals surface area contributed by atoms with Gasteiger partial charge in [0.1, 0.15) is 11.4 Å². The van der Waals surface area contributed by atoms with Crippen LogP contribution in [0.15, 0.2) is 36.4 Å². The van der Waals surface area contributed by atoms with Gasteiger partial charge in [-0.05, 0) is 57.0 Å². The third kappa shape index (κ3) is 3.81. The first-order chi connectivity index (χ1) is 15.1. The van der Waals surface area contributed by atoms with Crippen molar-refractivity contribution in [3.8, 4) is 5.75 Å². The molecule has 0 fully saturated rings. The Morgan fingerprint density at radius 2 is 1.72 bits per heavy atom. The fourth-order valence-electron chi connectivity index (χ4n) is 4.26. The number of rotatable bonds is 3. The second-order valence-corrected chi connectivity index (χ2v) is 9.26. The van der Waals surface area contributed by atoms with Crippen LogP contribution in [-0.4, -0.2) is 53.5 Å². The molecule has 3 amide bonds. The maximum atomic E-state index is 13.1. The van der Waals surface area contributed by atoms with Crippen molar-refractivity contribution in [3.63, 3.8) is 0 Å². The molecule has 0 unspecified atom stereocenters. The Morgan fingerprint density at radius 3 is 2.28 bits per heavy atom. The van der Waals surface area contributed by atoms with E-state index in [1.807, 2.05) is 0 Å². The molecule has 2 aliphatic rings. The number of nitrogens with zero attached hydrogens (tertiary/aromatic N) is 2. The molecule has 0 radical (unpaired) electrons. The normalized spacial score (nSPS) is 17.8. The molecule has 4 rings (SSSR count). The van der Waals surface area contributed by atoms with E-state index in [-0.39, 0.29) is 18.4 Å². The van der Waals surface area contributed by atoms with Gasteiger partial charge in [-0.3, -0.25) is 19.4 Å². The number of ether oxygens (including phenoxy) is 2. The van der Waals surface area contributed by atoms with Crippen LogP contribution in [0.3, 0.4) is 0 Å². The lowest BCUT2D eigenvalue weighted by Gasteiger charge is -2.40. The zero-order valence-electron chi connectivity index (χ0n) is 18.5. The number of halogens is 1. The van der Waals surface area contributed by atoms with Crippen molar-refractivity contribution >= 4 is 29.5 Å². The largest absolute Gasteiger partial charge is 0.496 e. The zero-order valence-corrected chi connectivity index (χ0v) is 19.2. The Kier molecular flexibility index (Phi) is 5.63. The number of fused-ring (bicyclic) bond motifs is 2. The van der Waals surface area contributed by atoms with Gasteiger partial charge in [-0.1, -0.05) is 23.7 Å². The number of carbonyl (C=O) groups excluding carboxylic acids is 3. The van der Waals surface area contributed by atoms with Gasteiger partial charge in [0.15, 0.2) is 0 Å². The Bertz CT molecular complexity index is 1070. The quantitative estimate of drug-likeness (QED) is 0.636. The lowest BCUT2D eigenvalue weighted by molar-refractivity contribution is 0.00960. The summed E-state index contributed by atoms with van der Waals surface area (Å²) in [7, 11) is 1.54. The van der Waals surface area contributed by atoms with Gasteiger partial charge in [-0.2, -0.15) is 0 Å². The van der Waals surface area contributed by atoms with Crippen molar-refractivity contribution < 1.29 is 23.9 Å². The van der Waals surface area contributed by atoms with E-state index in [1.165, 1.54) is 12.0 Å². The van der Waals surface area contributed by atoms with Crippen molar-refractivity contribution in [3.05, 3.63) is 63.7 Å². The van der Waals surface area contributed by atoms with Gasteiger partial charge in [0.05, 0.1) is 30.8 Å². The topological polar surface area (TPSA) is 76.2 Å². The van der Waals surface area contributed by atoms with E-state index < -0.39 is 17.7 Å². The number of imide groups is 1. The Balaban J connectivity index is 1.77. The lowest BCUT2D eigenvalue weighted by atomic mass is 9.91. The van der Waals surface area contributed by atoms with E-state index >= 15 is 0 Å². The molecular formula is C24H25ClN2O5. The number of amides is 3. The van der Waals surface area contributed by atoms with Crippen molar-refractivity contribution in [2.75, 3.05) is 20.2 Å². The predicted molar refractivity (Wildman–Crippen MR) is 119 cm³/mol. The molecule has 0 spiro atoms. The van der Waals surface area contributed by atoms with Crippen molar-refractivity contribution in [2.45, 2.75) is 38.8 Å². The first-order valence-corrected chi connectivity index (χ1v) is 10.8. The summed E-state index contributed by atoms with van der Waals surface area (Å²) in [6, 6.07) is 9.53. The smallest absolute Gasteiger partial charge is 0.410 e. The molecule has 2 aromatic rings. The average molecular weight is 457 g/mol. The molecule has 2 aromatic carbocycles. The third-order valence-electron chi connectivity index (χ3n) is 5.65. The summed E-state index contributed by atoms with van der Waals surface area (Å²) in [6.45, 7) is 5.68. The Morgan fingerprint density at radius 1 is 1.09 bits per heavy atom. The number of carbonyl (C=O) groups is 3. The fraction of sp³-hybridized carbons (Fsp3) is 0.375. The summed E-state index contributed by atoms with van der Waals surface area (Å²) in [5.74, 6) is -0.231. The van der Waals surface area contributed by atoms with Crippen LogP contribution in [0.4, 0.5) is 4.79 Å². The van der Waals surface area contributed by atoms with E-state index in [4.69, 9.17) is 21.1 Å². The minimum absolute atomic E-state index is 0.0324. The number of hydrogen-bond donors (Lipinski definition) is 0. The Labute approximate surface area is 191 Å². The SMILES string of the molecule is COc1ccc(Cl)c2c1[C@@H](CN1C(=O)c3ccccc3C1=O)N(C(=O)OC(C)(C)C)CC2. The minimum atomic E-state index is -0.699. The number of benzene rings is 2. The van der Waals surface area contributed by atoms with Crippen molar-refractivity contribution in [1.82, 2.24) is 9.80 Å². The van der Waals surface area contributed by atoms with Gasteiger partial charge in [0, 0.05) is 17.1 Å². The first-order valence-electron chi connectivity index (χ1n) is 10.4. The van der Waals surface area contributed by atoms with Crippen LogP contribution < -0.4 is 4.74 Å². The molecule has 7 nitrogen and oxygen atoms in total. The molecule has 8 heteroatoms. The summed E-state index contributed by atoms with van der Waals surface area (Å²) >= 11 is 6.48. The van der Waals surface area contributed by atoms with E-state index in [1.54, 1.807) is 62.1 Å². The van der Waals surface area contributed by atoms with E-state index in [0.29, 0.717) is 40.4 Å². The Hall–Kier alpha value is -3.06. The highest BCUT2D eigenvalue weighted by molar-refractivity contribution is 6.31. The van der Waals surface area contributed by atoms with Gasteiger partial charge >= 0.3 is 6.09 Å². The number of hydrogen-bond acceptors (Lipinski definition) is 5. The molecule has 1 atom stereocenters. The standard InChI is InChI=1S/C24H25ClN2O5/c1-24(2,3)32-23(30)26-12-11-16-17(25)9-10-19(31-4)20(16)18(26)13-27-21(28)14-7-5-6-8-15(14)22(27)29/h5-10,18H,11-13H2,1-4H3/t18-/m1/s1. The van der Waals surface area contributed by atoms with Gasteiger partial charge in [-0.15, -0.1) is 0 Å². The maximum absolute atomic E-state index is 13.1. The highest BCUT2D eigenvalue weighted by atomic mass is 35.5. The second-order valence-electron chi connectivity index (χ2n) is 8.85.